The summed E-state index contributed by atoms with van der Waals surface area (Å²) in [5.41, 5.74) is 0.694. The monoisotopic (exact) mass is 323 g/mol. The van der Waals surface area contributed by atoms with Crippen molar-refractivity contribution in [2.24, 2.45) is 17.8 Å². The first-order chi connectivity index (χ1) is 10.4. The minimum absolute atomic E-state index is 0.0410. The zero-order valence-electron chi connectivity index (χ0n) is 12.6. The van der Waals surface area contributed by atoms with Gasteiger partial charge in [0.25, 0.3) is 0 Å². The zero-order valence-corrected chi connectivity index (χ0v) is 13.4. The number of hydrogen-bond acceptors (Lipinski definition) is 4. The van der Waals surface area contributed by atoms with Gasteiger partial charge >= 0.3 is 0 Å². The zero-order chi connectivity index (χ0) is 15.7. The lowest BCUT2D eigenvalue weighted by atomic mass is 10.0. The molecule has 2 atom stereocenters. The molecule has 0 unspecified atom stereocenters. The molecular weight excluding hydrogens is 302 g/mol. The van der Waals surface area contributed by atoms with E-state index in [4.69, 9.17) is 0 Å². The van der Waals surface area contributed by atoms with E-state index < -0.39 is 10.0 Å². The van der Waals surface area contributed by atoms with Crippen LogP contribution in [0.1, 0.15) is 19.0 Å². The second-order valence-electron chi connectivity index (χ2n) is 6.35. The maximum absolute atomic E-state index is 12.0. The smallest absolute Gasteiger partial charge is 0.225 e. The second-order valence-corrected chi connectivity index (χ2v) is 8.20. The summed E-state index contributed by atoms with van der Waals surface area (Å²) in [6.07, 6.45) is 2.61. The van der Waals surface area contributed by atoms with Gasteiger partial charge in [0.2, 0.25) is 15.9 Å². The molecular formula is C15H21N3O3S. The molecule has 1 aliphatic heterocycles. The van der Waals surface area contributed by atoms with E-state index in [2.05, 4.69) is 16.6 Å². The van der Waals surface area contributed by atoms with E-state index in [0.717, 1.165) is 6.42 Å². The third-order valence-electron chi connectivity index (χ3n) is 4.35. The third kappa shape index (κ3) is 3.64. The molecule has 1 saturated heterocycles. The van der Waals surface area contributed by atoms with Crippen molar-refractivity contribution in [3.8, 4) is 0 Å². The predicted molar refractivity (Wildman–Crippen MR) is 82.2 cm³/mol. The van der Waals surface area contributed by atoms with Gasteiger partial charge in [-0.1, -0.05) is 13.0 Å². The van der Waals surface area contributed by atoms with Crippen molar-refractivity contribution >= 4 is 15.9 Å². The first-order valence-electron chi connectivity index (χ1n) is 7.60. The largest absolute Gasteiger partial charge is 0.342 e. The number of likely N-dealkylation sites (tertiary alicyclic amines) is 1. The molecule has 2 fully saturated rings. The minimum Gasteiger partial charge on any atom is -0.342 e. The van der Waals surface area contributed by atoms with Crippen molar-refractivity contribution in [2.45, 2.75) is 19.9 Å². The summed E-state index contributed by atoms with van der Waals surface area (Å²) in [5.74, 6) is 0.987. The van der Waals surface area contributed by atoms with Crippen molar-refractivity contribution in [2.75, 3.05) is 18.8 Å². The lowest BCUT2D eigenvalue weighted by molar-refractivity contribution is -0.138. The summed E-state index contributed by atoms with van der Waals surface area (Å²) in [6, 6.07) is 5.40. The lowest BCUT2D eigenvalue weighted by Gasteiger charge is -2.39. The Labute approximate surface area is 131 Å². The van der Waals surface area contributed by atoms with Gasteiger partial charge in [-0.15, -0.1) is 0 Å². The van der Waals surface area contributed by atoms with Gasteiger partial charge in [-0.05, 0) is 24.5 Å². The standard InChI is InChI=1S/C15H21N3O3S/c1-11-6-14(11)15(19)18-8-12(9-18)10-22(20,21)17-7-13-4-2-3-5-16-13/h2-5,11-12,14,17H,6-10H2,1H3/t11-,14-/m1/s1. The first kappa shape index (κ1) is 15.4. The minimum atomic E-state index is -3.33. The number of carbonyl (C=O) groups is 1. The Kier molecular flexibility index (Phi) is 4.18. The molecule has 0 aromatic carbocycles. The molecule has 1 N–H and O–H groups in total. The van der Waals surface area contributed by atoms with Crippen LogP contribution in [-0.2, 0) is 21.4 Å². The van der Waals surface area contributed by atoms with E-state index in [1.807, 2.05) is 6.07 Å². The topological polar surface area (TPSA) is 79.4 Å². The molecule has 1 saturated carbocycles. The number of hydrogen-bond donors (Lipinski definition) is 1. The molecule has 0 bridgehead atoms. The van der Waals surface area contributed by atoms with Gasteiger partial charge in [0.05, 0.1) is 18.0 Å². The van der Waals surface area contributed by atoms with Gasteiger partial charge in [0.1, 0.15) is 0 Å². The van der Waals surface area contributed by atoms with Crippen LogP contribution >= 0.6 is 0 Å². The molecule has 6 nitrogen and oxygen atoms in total. The van der Waals surface area contributed by atoms with E-state index in [1.165, 1.54) is 0 Å². The van der Waals surface area contributed by atoms with Crippen LogP contribution in [-0.4, -0.2) is 43.1 Å². The highest BCUT2D eigenvalue weighted by Gasteiger charge is 2.45. The number of nitrogens with one attached hydrogen (secondary N) is 1. The van der Waals surface area contributed by atoms with Crippen LogP contribution in [0, 0.1) is 17.8 Å². The fraction of sp³-hybridized carbons (Fsp3) is 0.600. The molecule has 7 heteroatoms. The average Bonchev–Trinajstić information content (AvgIpc) is 3.18. The Morgan fingerprint density at radius 1 is 1.41 bits per heavy atom. The van der Waals surface area contributed by atoms with Crippen LogP contribution in [0.5, 0.6) is 0 Å². The van der Waals surface area contributed by atoms with Gasteiger partial charge in [0.15, 0.2) is 0 Å². The predicted octanol–water partition coefficient (Wildman–Crippen LogP) is 0.615. The fourth-order valence-corrected chi connectivity index (χ4v) is 4.13. The van der Waals surface area contributed by atoms with E-state index >= 15 is 0 Å². The quantitative estimate of drug-likeness (QED) is 0.832. The molecule has 1 aromatic rings. The summed E-state index contributed by atoms with van der Waals surface area (Å²) < 4.78 is 26.6. The Morgan fingerprint density at radius 3 is 2.73 bits per heavy atom. The number of aromatic nitrogens is 1. The number of nitrogens with zero attached hydrogens (tertiary/aromatic N) is 2. The van der Waals surface area contributed by atoms with Gasteiger partial charge in [-0.2, -0.15) is 0 Å². The molecule has 0 radical (unpaired) electrons. The molecule has 2 heterocycles. The highest BCUT2D eigenvalue weighted by molar-refractivity contribution is 7.89. The summed E-state index contributed by atoms with van der Waals surface area (Å²) >= 11 is 0. The van der Waals surface area contributed by atoms with E-state index in [0.29, 0.717) is 24.7 Å². The Morgan fingerprint density at radius 2 is 2.14 bits per heavy atom. The summed E-state index contributed by atoms with van der Waals surface area (Å²) in [7, 11) is -3.33. The van der Waals surface area contributed by atoms with Crippen LogP contribution in [0.4, 0.5) is 0 Å². The van der Waals surface area contributed by atoms with Crippen LogP contribution in [0.2, 0.25) is 0 Å². The Balaban J connectivity index is 1.42. The maximum Gasteiger partial charge on any atom is 0.225 e. The summed E-state index contributed by atoms with van der Waals surface area (Å²) in [6.45, 7) is 3.41. The highest BCUT2D eigenvalue weighted by atomic mass is 32.2. The first-order valence-corrected chi connectivity index (χ1v) is 9.26. The molecule has 2 aliphatic rings. The van der Waals surface area contributed by atoms with Gasteiger partial charge in [-0.3, -0.25) is 9.78 Å². The van der Waals surface area contributed by atoms with Crippen molar-refractivity contribution < 1.29 is 13.2 Å². The van der Waals surface area contributed by atoms with Crippen molar-refractivity contribution in [1.82, 2.24) is 14.6 Å². The molecule has 1 amide bonds. The highest BCUT2D eigenvalue weighted by Crippen LogP contribution is 2.40. The van der Waals surface area contributed by atoms with Crippen molar-refractivity contribution in [3.05, 3.63) is 30.1 Å². The van der Waals surface area contributed by atoms with Gasteiger partial charge < -0.3 is 4.90 Å². The number of pyridine rings is 1. The summed E-state index contributed by atoms with van der Waals surface area (Å²) in [4.78, 5) is 17.8. The normalized spacial score (nSPS) is 24.9. The maximum atomic E-state index is 12.0. The van der Waals surface area contributed by atoms with Gasteiger partial charge in [-0.25, -0.2) is 13.1 Å². The molecule has 120 valence electrons. The fourth-order valence-electron chi connectivity index (χ4n) is 2.81. The molecule has 22 heavy (non-hydrogen) atoms. The van der Waals surface area contributed by atoms with Crippen LogP contribution < -0.4 is 4.72 Å². The van der Waals surface area contributed by atoms with Crippen molar-refractivity contribution in [1.29, 1.82) is 0 Å². The number of amides is 1. The van der Waals surface area contributed by atoms with Gasteiger partial charge in [0, 0.05) is 31.1 Å². The Bertz CT molecular complexity index is 641. The average molecular weight is 323 g/mol. The van der Waals surface area contributed by atoms with E-state index in [1.54, 1.807) is 23.2 Å². The number of carbonyl (C=O) groups excluding carboxylic acids is 1. The second kappa shape index (κ2) is 5.96. The third-order valence-corrected chi connectivity index (χ3v) is 5.84. The lowest BCUT2D eigenvalue weighted by Crippen LogP contribution is -2.53. The SMILES string of the molecule is C[C@@H]1C[C@H]1C(=O)N1CC(CS(=O)(=O)NCc2ccccn2)C1. The van der Waals surface area contributed by atoms with E-state index in [-0.39, 0.29) is 30.0 Å². The molecule has 1 aliphatic carbocycles. The van der Waals surface area contributed by atoms with Crippen molar-refractivity contribution in [3.63, 3.8) is 0 Å². The van der Waals surface area contributed by atoms with Crippen LogP contribution in [0.3, 0.4) is 0 Å². The number of rotatable bonds is 6. The molecule has 0 spiro atoms. The van der Waals surface area contributed by atoms with Crippen LogP contribution in [0.15, 0.2) is 24.4 Å². The Hall–Kier alpha value is -1.47. The van der Waals surface area contributed by atoms with E-state index in [9.17, 15) is 13.2 Å². The number of sulfonamides is 1. The summed E-state index contributed by atoms with van der Waals surface area (Å²) in [5, 5.41) is 0. The molecule has 3 rings (SSSR count). The van der Waals surface area contributed by atoms with Crippen LogP contribution in [0.25, 0.3) is 0 Å². The molecule has 1 aromatic heterocycles.